The first-order valence-corrected chi connectivity index (χ1v) is 5.59. The van der Waals surface area contributed by atoms with E-state index in [9.17, 15) is 4.79 Å². The molecule has 84 valence electrons. The number of amides is 1. The number of hydrogen-bond donors (Lipinski definition) is 0. The number of carbonyl (C=O) groups is 1. The molecule has 0 atom stereocenters. The van der Waals surface area contributed by atoms with Crippen molar-refractivity contribution in [2.45, 2.75) is 6.92 Å². The summed E-state index contributed by atoms with van der Waals surface area (Å²) >= 11 is 1.16. The second-order valence-corrected chi connectivity index (χ2v) is 4.11. The molecular formula is C11H8N4OS. The highest BCUT2D eigenvalue weighted by molar-refractivity contribution is 7.04. The van der Waals surface area contributed by atoms with Gasteiger partial charge in [0.25, 0.3) is 0 Å². The molecule has 1 aromatic heterocycles. The van der Waals surface area contributed by atoms with E-state index in [0.29, 0.717) is 4.67 Å². The number of hydrogen-bond acceptors (Lipinski definition) is 4. The Hall–Kier alpha value is -2.26. The molecule has 0 radical (unpaired) electrons. The van der Waals surface area contributed by atoms with Crippen LogP contribution in [0.1, 0.15) is 12.6 Å². The minimum atomic E-state index is -0.342. The van der Waals surface area contributed by atoms with E-state index in [1.807, 2.05) is 36.4 Å². The van der Waals surface area contributed by atoms with Crippen molar-refractivity contribution < 1.29 is 4.79 Å². The van der Waals surface area contributed by atoms with Crippen LogP contribution in [0.3, 0.4) is 0 Å². The first-order chi connectivity index (χ1) is 8.20. The van der Waals surface area contributed by atoms with Crippen LogP contribution >= 0.6 is 11.5 Å². The Labute approximate surface area is 101 Å². The zero-order valence-electron chi connectivity index (χ0n) is 8.99. The van der Waals surface area contributed by atoms with Gasteiger partial charge in [-0.1, -0.05) is 18.2 Å². The summed E-state index contributed by atoms with van der Waals surface area (Å²) in [4.78, 5) is 14.7. The normalized spacial score (nSPS) is 11.2. The van der Waals surface area contributed by atoms with E-state index in [1.54, 1.807) is 4.07 Å². The molecule has 0 spiro atoms. The molecule has 0 aliphatic heterocycles. The van der Waals surface area contributed by atoms with Crippen LogP contribution < -0.4 is 4.67 Å². The SMILES string of the molecule is CC(=O)N=c1sn(-c2ccccc2)nc1C#N. The Bertz CT molecular complexity index is 648. The average molecular weight is 244 g/mol. The second-order valence-electron chi connectivity index (χ2n) is 3.20. The molecule has 0 aliphatic carbocycles. The van der Waals surface area contributed by atoms with E-state index in [2.05, 4.69) is 10.1 Å². The number of carbonyl (C=O) groups excluding carboxylic acids is 1. The smallest absolute Gasteiger partial charge is 0.244 e. The lowest BCUT2D eigenvalue weighted by Crippen LogP contribution is -2.02. The van der Waals surface area contributed by atoms with E-state index in [-0.39, 0.29) is 11.6 Å². The van der Waals surface area contributed by atoms with Gasteiger partial charge in [-0.05, 0) is 23.7 Å². The van der Waals surface area contributed by atoms with Crippen LogP contribution in [0, 0.1) is 11.3 Å². The number of nitrogens with zero attached hydrogens (tertiary/aromatic N) is 4. The molecule has 1 amide bonds. The number of rotatable bonds is 1. The molecular weight excluding hydrogens is 236 g/mol. The third-order valence-electron chi connectivity index (χ3n) is 1.91. The van der Waals surface area contributed by atoms with Gasteiger partial charge in [0.2, 0.25) is 5.91 Å². The maximum absolute atomic E-state index is 10.9. The molecule has 2 aromatic rings. The van der Waals surface area contributed by atoms with Crippen molar-refractivity contribution in [2.24, 2.45) is 4.99 Å². The monoisotopic (exact) mass is 244 g/mol. The van der Waals surface area contributed by atoms with Crippen LogP contribution in [0.5, 0.6) is 0 Å². The Morgan fingerprint density at radius 3 is 2.76 bits per heavy atom. The molecule has 0 fully saturated rings. The van der Waals surface area contributed by atoms with Crippen LogP contribution in [-0.4, -0.2) is 15.1 Å². The van der Waals surface area contributed by atoms with Gasteiger partial charge in [-0.3, -0.25) is 4.79 Å². The molecule has 0 bridgehead atoms. The van der Waals surface area contributed by atoms with Crippen molar-refractivity contribution >= 4 is 17.4 Å². The predicted octanol–water partition coefficient (Wildman–Crippen LogP) is 1.25. The van der Waals surface area contributed by atoms with Crippen molar-refractivity contribution in [3.63, 3.8) is 0 Å². The van der Waals surface area contributed by atoms with Crippen molar-refractivity contribution in [3.8, 4) is 11.8 Å². The summed E-state index contributed by atoms with van der Waals surface area (Å²) in [5.41, 5.74) is 0.994. The summed E-state index contributed by atoms with van der Waals surface area (Å²) < 4.78 is 1.91. The van der Waals surface area contributed by atoms with Crippen molar-refractivity contribution in [3.05, 3.63) is 40.7 Å². The Kier molecular flexibility index (Phi) is 3.12. The molecule has 1 aromatic carbocycles. The summed E-state index contributed by atoms with van der Waals surface area (Å²) in [6.45, 7) is 1.34. The topological polar surface area (TPSA) is 71.0 Å². The Morgan fingerprint density at radius 2 is 2.18 bits per heavy atom. The third-order valence-corrected chi connectivity index (χ3v) is 2.83. The highest BCUT2D eigenvalue weighted by Gasteiger charge is 2.06. The van der Waals surface area contributed by atoms with E-state index in [1.165, 1.54) is 6.92 Å². The van der Waals surface area contributed by atoms with Gasteiger partial charge in [-0.2, -0.15) is 14.3 Å². The lowest BCUT2D eigenvalue weighted by atomic mass is 10.3. The number of nitriles is 1. The van der Waals surface area contributed by atoms with Crippen molar-refractivity contribution in [1.82, 2.24) is 9.17 Å². The fraction of sp³-hybridized carbons (Fsp3) is 0.0909. The van der Waals surface area contributed by atoms with E-state index in [0.717, 1.165) is 17.2 Å². The fourth-order valence-corrected chi connectivity index (χ4v) is 2.09. The molecule has 5 nitrogen and oxygen atoms in total. The lowest BCUT2D eigenvalue weighted by Gasteiger charge is -1.96. The van der Waals surface area contributed by atoms with Gasteiger partial charge >= 0.3 is 0 Å². The Morgan fingerprint density at radius 1 is 1.47 bits per heavy atom. The fourth-order valence-electron chi connectivity index (χ4n) is 1.23. The quantitative estimate of drug-likeness (QED) is 0.758. The van der Waals surface area contributed by atoms with Gasteiger partial charge in [0.15, 0.2) is 10.4 Å². The van der Waals surface area contributed by atoms with Gasteiger partial charge < -0.3 is 0 Å². The second kappa shape index (κ2) is 4.72. The van der Waals surface area contributed by atoms with Gasteiger partial charge in [0.05, 0.1) is 5.69 Å². The molecule has 0 unspecified atom stereocenters. The predicted molar refractivity (Wildman–Crippen MR) is 62.4 cm³/mol. The number of benzene rings is 1. The van der Waals surface area contributed by atoms with Gasteiger partial charge in [0, 0.05) is 6.92 Å². The first-order valence-electron chi connectivity index (χ1n) is 4.82. The zero-order chi connectivity index (χ0) is 12.3. The van der Waals surface area contributed by atoms with Crippen molar-refractivity contribution in [1.29, 1.82) is 5.26 Å². The minimum absolute atomic E-state index is 0.161. The molecule has 1 heterocycles. The zero-order valence-corrected chi connectivity index (χ0v) is 9.81. The minimum Gasteiger partial charge on any atom is -0.273 e. The average Bonchev–Trinajstić information content (AvgIpc) is 2.72. The molecule has 2 rings (SSSR count). The van der Waals surface area contributed by atoms with E-state index < -0.39 is 0 Å². The Balaban J connectivity index is 2.58. The van der Waals surface area contributed by atoms with Crippen molar-refractivity contribution in [2.75, 3.05) is 0 Å². The van der Waals surface area contributed by atoms with Crippen LogP contribution in [-0.2, 0) is 4.79 Å². The van der Waals surface area contributed by atoms with Crippen LogP contribution in [0.15, 0.2) is 35.3 Å². The number of para-hydroxylation sites is 1. The van der Waals surface area contributed by atoms with Gasteiger partial charge in [0.1, 0.15) is 6.07 Å². The summed E-state index contributed by atoms with van der Waals surface area (Å²) in [5, 5.41) is 13.0. The van der Waals surface area contributed by atoms with Crippen LogP contribution in [0.25, 0.3) is 5.69 Å². The third kappa shape index (κ3) is 2.46. The molecule has 6 heteroatoms. The van der Waals surface area contributed by atoms with E-state index in [4.69, 9.17) is 5.26 Å². The van der Waals surface area contributed by atoms with Gasteiger partial charge in [-0.15, -0.1) is 5.10 Å². The van der Waals surface area contributed by atoms with Crippen LogP contribution in [0.2, 0.25) is 0 Å². The summed E-state index contributed by atoms with van der Waals surface area (Å²) in [6.07, 6.45) is 0. The largest absolute Gasteiger partial charge is 0.273 e. The summed E-state index contributed by atoms with van der Waals surface area (Å²) in [7, 11) is 0. The molecule has 0 aliphatic rings. The number of aromatic nitrogens is 2. The van der Waals surface area contributed by atoms with E-state index >= 15 is 0 Å². The maximum atomic E-state index is 10.9. The summed E-state index contributed by atoms with van der Waals surface area (Å²) in [6, 6.07) is 11.3. The molecule has 0 saturated heterocycles. The van der Waals surface area contributed by atoms with Crippen LogP contribution in [0.4, 0.5) is 0 Å². The molecule has 0 saturated carbocycles. The highest BCUT2D eigenvalue weighted by Crippen LogP contribution is 2.07. The highest BCUT2D eigenvalue weighted by atomic mass is 32.1. The first kappa shape index (κ1) is 11.2. The molecule has 0 N–H and O–H groups in total. The lowest BCUT2D eigenvalue weighted by molar-refractivity contribution is -0.116. The molecule has 17 heavy (non-hydrogen) atoms. The standard InChI is InChI=1S/C11H8N4OS/c1-8(16)13-11-10(7-12)14-15(17-11)9-5-3-2-4-6-9/h2-6H,1H3. The van der Waals surface area contributed by atoms with Gasteiger partial charge in [-0.25, -0.2) is 0 Å². The summed E-state index contributed by atoms with van der Waals surface area (Å²) in [5.74, 6) is -0.342. The maximum Gasteiger partial charge on any atom is 0.244 e.